The fourth-order valence-electron chi connectivity index (χ4n) is 2.65. The number of hydrogen-bond acceptors (Lipinski definition) is 3. The summed E-state index contributed by atoms with van der Waals surface area (Å²) in [5.41, 5.74) is 1.25. The molecule has 0 radical (unpaired) electrons. The molecular formula is C22H21BrO3. The topological polar surface area (TPSA) is 35.5 Å². The Morgan fingerprint density at radius 1 is 0.962 bits per heavy atom. The van der Waals surface area contributed by atoms with Crippen LogP contribution in [-0.2, 0) is 10.2 Å². The van der Waals surface area contributed by atoms with E-state index in [9.17, 15) is 4.79 Å². The highest BCUT2D eigenvalue weighted by Crippen LogP contribution is 2.33. The molecule has 3 aromatic rings. The first-order chi connectivity index (χ1) is 12.3. The van der Waals surface area contributed by atoms with Crippen molar-refractivity contribution < 1.29 is 14.3 Å². The normalized spacial score (nSPS) is 11.4. The smallest absolute Gasteiger partial charge is 0.349 e. The third-order valence-electron chi connectivity index (χ3n) is 4.13. The number of benzene rings is 3. The third-order valence-corrected chi connectivity index (χ3v) is 4.94. The van der Waals surface area contributed by atoms with Gasteiger partial charge in [-0.25, -0.2) is 4.79 Å². The molecule has 0 N–H and O–H groups in total. The number of ether oxygens (including phenoxy) is 2. The largest absolute Gasteiger partial charge is 0.481 e. The molecule has 4 heteroatoms. The highest BCUT2D eigenvalue weighted by molar-refractivity contribution is 9.10. The van der Waals surface area contributed by atoms with Crippen LogP contribution < -0.4 is 9.47 Å². The second-order valence-electron chi connectivity index (χ2n) is 7.14. The van der Waals surface area contributed by atoms with Gasteiger partial charge in [-0.3, -0.25) is 0 Å². The van der Waals surface area contributed by atoms with E-state index in [1.807, 2.05) is 60.7 Å². The van der Waals surface area contributed by atoms with E-state index in [0.717, 1.165) is 15.2 Å². The third kappa shape index (κ3) is 4.25. The average Bonchev–Trinajstić information content (AvgIpc) is 2.61. The summed E-state index contributed by atoms with van der Waals surface area (Å²) < 4.78 is 11.8. The maximum Gasteiger partial charge on any atom is 0.349 e. The average molecular weight is 413 g/mol. The van der Waals surface area contributed by atoms with Crippen molar-refractivity contribution >= 4 is 32.7 Å². The number of carbonyl (C=O) groups is 1. The zero-order chi connectivity index (χ0) is 18.7. The zero-order valence-electron chi connectivity index (χ0n) is 15.1. The van der Waals surface area contributed by atoms with Crippen molar-refractivity contribution in [2.45, 2.75) is 26.2 Å². The van der Waals surface area contributed by atoms with E-state index in [0.29, 0.717) is 11.5 Å². The van der Waals surface area contributed by atoms with E-state index in [-0.39, 0.29) is 12.0 Å². The first kappa shape index (κ1) is 18.5. The summed E-state index contributed by atoms with van der Waals surface area (Å²) in [6, 6.07) is 19.4. The molecule has 0 spiro atoms. The molecule has 0 aromatic heterocycles. The molecule has 3 nitrogen and oxygen atoms in total. The van der Waals surface area contributed by atoms with Gasteiger partial charge in [-0.05, 0) is 55.9 Å². The van der Waals surface area contributed by atoms with Gasteiger partial charge in [0.25, 0.3) is 0 Å². The predicted octanol–water partition coefficient (Wildman–Crippen LogP) is 5.88. The molecule has 0 heterocycles. The molecule has 0 aliphatic rings. The molecule has 0 aliphatic carbocycles. The second kappa shape index (κ2) is 7.50. The number of halogens is 1. The minimum atomic E-state index is -0.437. The minimum absolute atomic E-state index is 0.0635. The molecule has 0 fully saturated rings. The Kier molecular flexibility index (Phi) is 5.33. The van der Waals surface area contributed by atoms with Gasteiger partial charge in [-0.2, -0.15) is 0 Å². The second-order valence-corrected chi connectivity index (χ2v) is 7.93. The van der Waals surface area contributed by atoms with Crippen LogP contribution in [0.15, 0.2) is 65.1 Å². The standard InChI is InChI=1S/C22H21BrO3/c1-22(2,3)16-9-11-17(12-10-16)26-20(24)14-25-19-13-8-15-6-4-5-7-18(15)21(19)23/h4-13H,14H2,1-3H3. The summed E-state index contributed by atoms with van der Waals surface area (Å²) in [7, 11) is 0. The van der Waals surface area contributed by atoms with Gasteiger partial charge in [0.15, 0.2) is 6.61 Å². The summed E-state index contributed by atoms with van der Waals surface area (Å²) in [5, 5.41) is 2.14. The molecule has 0 atom stereocenters. The van der Waals surface area contributed by atoms with Crippen molar-refractivity contribution in [3.63, 3.8) is 0 Å². The van der Waals surface area contributed by atoms with Crippen LogP contribution in [0.2, 0.25) is 0 Å². The van der Waals surface area contributed by atoms with Crippen LogP contribution in [0.1, 0.15) is 26.3 Å². The Labute approximate surface area is 162 Å². The van der Waals surface area contributed by atoms with Crippen LogP contribution in [0, 0.1) is 0 Å². The van der Waals surface area contributed by atoms with E-state index in [1.165, 1.54) is 5.56 Å². The van der Waals surface area contributed by atoms with E-state index >= 15 is 0 Å². The minimum Gasteiger partial charge on any atom is -0.481 e. The SMILES string of the molecule is CC(C)(C)c1ccc(OC(=O)COc2ccc3ccccc3c2Br)cc1. The van der Waals surface area contributed by atoms with Gasteiger partial charge in [0.05, 0.1) is 4.47 Å². The summed E-state index contributed by atoms with van der Waals surface area (Å²) in [5.74, 6) is 0.696. The molecular weight excluding hydrogens is 392 g/mol. The van der Waals surface area contributed by atoms with Crippen molar-refractivity contribution in [2.75, 3.05) is 6.61 Å². The lowest BCUT2D eigenvalue weighted by atomic mass is 9.87. The number of rotatable bonds is 4. The summed E-state index contributed by atoms with van der Waals surface area (Å²) >= 11 is 3.55. The molecule has 26 heavy (non-hydrogen) atoms. The molecule has 0 bridgehead atoms. The summed E-state index contributed by atoms with van der Waals surface area (Å²) in [6.07, 6.45) is 0. The van der Waals surface area contributed by atoms with Crippen molar-refractivity contribution in [3.8, 4) is 11.5 Å². The lowest BCUT2D eigenvalue weighted by molar-refractivity contribution is -0.136. The maximum absolute atomic E-state index is 12.1. The van der Waals surface area contributed by atoms with Gasteiger partial charge in [0.1, 0.15) is 11.5 Å². The first-order valence-corrected chi connectivity index (χ1v) is 9.25. The molecule has 0 saturated carbocycles. The number of carbonyl (C=O) groups excluding carboxylic acids is 1. The Morgan fingerprint density at radius 2 is 1.65 bits per heavy atom. The maximum atomic E-state index is 12.1. The fourth-order valence-corrected chi connectivity index (χ4v) is 3.25. The van der Waals surface area contributed by atoms with Crippen LogP contribution in [-0.4, -0.2) is 12.6 Å². The molecule has 0 amide bonds. The molecule has 0 unspecified atom stereocenters. The predicted molar refractivity (Wildman–Crippen MR) is 108 cm³/mol. The van der Waals surface area contributed by atoms with Crippen LogP contribution in [0.5, 0.6) is 11.5 Å². The summed E-state index contributed by atoms with van der Waals surface area (Å²) in [6.45, 7) is 6.27. The van der Waals surface area contributed by atoms with Gasteiger partial charge in [-0.15, -0.1) is 0 Å². The van der Waals surface area contributed by atoms with Gasteiger partial charge in [0.2, 0.25) is 0 Å². The molecule has 0 saturated heterocycles. The Balaban J connectivity index is 1.63. The van der Waals surface area contributed by atoms with E-state index in [4.69, 9.17) is 9.47 Å². The van der Waals surface area contributed by atoms with Crippen molar-refractivity contribution in [1.29, 1.82) is 0 Å². The lowest BCUT2D eigenvalue weighted by Crippen LogP contribution is -2.18. The fraction of sp³-hybridized carbons (Fsp3) is 0.227. The van der Waals surface area contributed by atoms with Gasteiger partial charge in [-0.1, -0.05) is 63.2 Å². The van der Waals surface area contributed by atoms with Crippen molar-refractivity contribution in [1.82, 2.24) is 0 Å². The van der Waals surface area contributed by atoms with E-state index in [2.05, 4.69) is 36.7 Å². The number of fused-ring (bicyclic) bond motifs is 1. The van der Waals surface area contributed by atoms with Gasteiger partial charge < -0.3 is 9.47 Å². The highest BCUT2D eigenvalue weighted by Gasteiger charge is 2.14. The Hall–Kier alpha value is -2.33. The van der Waals surface area contributed by atoms with Crippen LogP contribution in [0.25, 0.3) is 10.8 Å². The number of hydrogen-bond donors (Lipinski definition) is 0. The van der Waals surface area contributed by atoms with Gasteiger partial charge in [0, 0.05) is 0 Å². The van der Waals surface area contributed by atoms with E-state index in [1.54, 1.807) is 0 Å². The molecule has 134 valence electrons. The Bertz CT molecular complexity index is 924. The summed E-state index contributed by atoms with van der Waals surface area (Å²) in [4.78, 5) is 12.1. The van der Waals surface area contributed by atoms with Gasteiger partial charge >= 0.3 is 5.97 Å². The van der Waals surface area contributed by atoms with Crippen molar-refractivity contribution in [3.05, 3.63) is 70.7 Å². The quantitative estimate of drug-likeness (QED) is 0.396. The zero-order valence-corrected chi connectivity index (χ0v) is 16.7. The lowest BCUT2D eigenvalue weighted by Gasteiger charge is -2.19. The molecule has 3 rings (SSSR count). The number of esters is 1. The molecule has 3 aromatic carbocycles. The monoisotopic (exact) mass is 412 g/mol. The Morgan fingerprint density at radius 3 is 2.35 bits per heavy atom. The van der Waals surface area contributed by atoms with Crippen LogP contribution in [0.4, 0.5) is 0 Å². The first-order valence-electron chi connectivity index (χ1n) is 8.46. The van der Waals surface area contributed by atoms with Crippen LogP contribution >= 0.6 is 15.9 Å². The molecule has 0 aliphatic heterocycles. The highest BCUT2D eigenvalue weighted by atomic mass is 79.9. The van der Waals surface area contributed by atoms with E-state index < -0.39 is 5.97 Å². The van der Waals surface area contributed by atoms with Crippen LogP contribution in [0.3, 0.4) is 0 Å². The van der Waals surface area contributed by atoms with Crippen molar-refractivity contribution in [2.24, 2.45) is 0 Å².